The minimum atomic E-state index is -0.828. The molecule has 0 aliphatic rings. The molecule has 0 bridgehead atoms. The molecule has 0 saturated heterocycles. The molecular weight excluding hydrogens is 244 g/mol. The zero-order chi connectivity index (χ0) is 15.0. The van der Waals surface area contributed by atoms with Crippen LogP contribution in [0.25, 0.3) is 0 Å². The molecule has 0 spiro atoms. The van der Waals surface area contributed by atoms with E-state index >= 15 is 0 Å². The second-order valence-electron chi connectivity index (χ2n) is 5.75. The van der Waals surface area contributed by atoms with E-state index in [4.69, 9.17) is 10.8 Å². The van der Waals surface area contributed by atoms with Crippen LogP contribution < -0.4 is 11.1 Å². The Hall–Kier alpha value is -1.10. The Morgan fingerprint density at radius 3 is 2.26 bits per heavy atom. The van der Waals surface area contributed by atoms with Gasteiger partial charge in [-0.1, -0.05) is 34.1 Å². The third-order valence-electron chi connectivity index (χ3n) is 3.39. The van der Waals surface area contributed by atoms with Crippen molar-refractivity contribution in [3.05, 3.63) is 0 Å². The van der Waals surface area contributed by atoms with E-state index in [1.54, 1.807) is 0 Å². The Bertz CT molecular complexity index is 292. The van der Waals surface area contributed by atoms with Crippen LogP contribution in [0.4, 0.5) is 0 Å². The van der Waals surface area contributed by atoms with E-state index in [2.05, 4.69) is 5.32 Å². The lowest BCUT2D eigenvalue weighted by Gasteiger charge is -2.21. The molecule has 5 heteroatoms. The summed E-state index contributed by atoms with van der Waals surface area (Å²) in [6, 6.07) is -0.519. The van der Waals surface area contributed by atoms with E-state index in [-0.39, 0.29) is 24.2 Å². The maximum absolute atomic E-state index is 11.8. The highest BCUT2D eigenvalue weighted by Crippen LogP contribution is 2.15. The molecule has 5 nitrogen and oxygen atoms in total. The lowest BCUT2D eigenvalue weighted by molar-refractivity contribution is -0.138. The molecule has 0 heterocycles. The summed E-state index contributed by atoms with van der Waals surface area (Å²) in [5, 5.41) is 11.6. The van der Waals surface area contributed by atoms with E-state index in [1.807, 2.05) is 27.7 Å². The zero-order valence-corrected chi connectivity index (χ0v) is 12.5. The van der Waals surface area contributed by atoms with Crippen LogP contribution in [0.15, 0.2) is 0 Å². The molecule has 0 aliphatic carbocycles. The number of carboxylic acids is 1. The van der Waals surface area contributed by atoms with E-state index in [0.717, 1.165) is 12.8 Å². The molecule has 0 aromatic carbocycles. The van der Waals surface area contributed by atoms with Gasteiger partial charge in [0, 0.05) is 13.0 Å². The molecule has 0 radical (unpaired) electrons. The first-order valence-corrected chi connectivity index (χ1v) is 7.02. The molecule has 3 atom stereocenters. The Kier molecular flexibility index (Phi) is 8.39. The van der Waals surface area contributed by atoms with Crippen LogP contribution in [-0.4, -0.2) is 29.6 Å². The van der Waals surface area contributed by atoms with E-state index in [1.165, 1.54) is 0 Å². The second kappa shape index (κ2) is 8.91. The molecule has 0 rings (SSSR count). The van der Waals surface area contributed by atoms with Crippen molar-refractivity contribution in [2.45, 2.75) is 53.0 Å². The smallest absolute Gasteiger partial charge is 0.303 e. The highest BCUT2D eigenvalue weighted by atomic mass is 16.4. The van der Waals surface area contributed by atoms with Crippen molar-refractivity contribution >= 4 is 11.9 Å². The number of aliphatic carboxylic acids is 1. The Balaban J connectivity index is 4.29. The van der Waals surface area contributed by atoms with Crippen LogP contribution >= 0.6 is 0 Å². The average molecular weight is 272 g/mol. The highest BCUT2D eigenvalue weighted by Gasteiger charge is 2.21. The number of carboxylic acid groups (broad SMARTS) is 1. The predicted octanol–water partition coefficient (Wildman–Crippen LogP) is 1.61. The average Bonchev–Trinajstić information content (AvgIpc) is 2.32. The lowest BCUT2D eigenvalue weighted by Crippen LogP contribution is -2.46. The van der Waals surface area contributed by atoms with Gasteiger partial charge in [0.1, 0.15) is 0 Å². The molecule has 1 amide bonds. The summed E-state index contributed by atoms with van der Waals surface area (Å²) >= 11 is 0. The first-order chi connectivity index (χ1) is 8.77. The fraction of sp³-hybridized carbons (Fsp3) is 0.857. The van der Waals surface area contributed by atoms with E-state index in [0.29, 0.717) is 12.5 Å². The van der Waals surface area contributed by atoms with Gasteiger partial charge in [-0.05, 0) is 24.2 Å². The largest absolute Gasteiger partial charge is 0.481 e. The summed E-state index contributed by atoms with van der Waals surface area (Å²) in [6.45, 7) is 8.40. The Labute approximate surface area is 115 Å². The number of rotatable bonds is 9. The van der Waals surface area contributed by atoms with Gasteiger partial charge in [-0.2, -0.15) is 0 Å². The van der Waals surface area contributed by atoms with Crippen molar-refractivity contribution in [1.82, 2.24) is 5.32 Å². The fourth-order valence-electron chi connectivity index (χ4n) is 2.03. The van der Waals surface area contributed by atoms with Crippen LogP contribution in [0.5, 0.6) is 0 Å². The first-order valence-electron chi connectivity index (χ1n) is 7.02. The van der Waals surface area contributed by atoms with Crippen molar-refractivity contribution in [3.63, 3.8) is 0 Å². The van der Waals surface area contributed by atoms with Crippen molar-refractivity contribution < 1.29 is 14.7 Å². The number of carbonyl (C=O) groups excluding carboxylic acids is 1. The van der Waals surface area contributed by atoms with Gasteiger partial charge in [0.25, 0.3) is 0 Å². The Morgan fingerprint density at radius 2 is 1.84 bits per heavy atom. The van der Waals surface area contributed by atoms with Crippen LogP contribution in [0.3, 0.4) is 0 Å². The summed E-state index contributed by atoms with van der Waals surface area (Å²) in [7, 11) is 0. The van der Waals surface area contributed by atoms with Gasteiger partial charge in [0.05, 0.1) is 6.04 Å². The zero-order valence-electron chi connectivity index (χ0n) is 12.5. The predicted molar refractivity (Wildman–Crippen MR) is 75.6 cm³/mol. The second-order valence-corrected chi connectivity index (χ2v) is 5.75. The SMILES string of the molecule is CCC(C)C(N)C(=O)NCC(CC(=O)O)CC(C)C. The molecule has 0 fully saturated rings. The number of carbonyl (C=O) groups is 2. The Morgan fingerprint density at radius 1 is 1.26 bits per heavy atom. The van der Waals surface area contributed by atoms with Gasteiger partial charge in [0.15, 0.2) is 0 Å². The fourth-order valence-corrected chi connectivity index (χ4v) is 2.03. The van der Waals surface area contributed by atoms with Crippen molar-refractivity contribution in [3.8, 4) is 0 Å². The molecule has 0 aromatic heterocycles. The number of hydrogen-bond donors (Lipinski definition) is 3. The van der Waals surface area contributed by atoms with Crippen molar-refractivity contribution in [2.24, 2.45) is 23.5 Å². The maximum atomic E-state index is 11.8. The van der Waals surface area contributed by atoms with E-state index in [9.17, 15) is 9.59 Å². The molecule has 4 N–H and O–H groups in total. The van der Waals surface area contributed by atoms with Gasteiger partial charge in [-0.25, -0.2) is 0 Å². The minimum absolute atomic E-state index is 0.0365. The van der Waals surface area contributed by atoms with Crippen LogP contribution in [0.1, 0.15) is 47.0 Å². The standard InChI is InChI=1S/C14H28N2O3/c1-5-10(4)13(15)14(19)16-8-11(6-9(2)3)7-12(17)18/h9-11,13H,5-8,15H2,1-4H3,(H,16,19)(H,17,18). The van der Waals surface area contributed by atoms with Crippen LogP contribution in [0.2, 0.25) is 0 Å². The molecule has 0 aliphatic heterocycles. The number of amides is 1. The summed E-state index contributed by atoms with van der Waals surface area (Å²) in [5.74, 6) is -0.516. The van der Waals surface area contributed by atoms with E-state index < -0.39 is 12.0 Å². The molecular formula is C14H28N2O3. The maximum Gasteiger partial charge on any atom is 0.303 e. The number of nitrogens with two attached hydrogens (primary N) is 1. The quantitative estimate of drug-likeness (QED) is 0.594. The lowest BCUT2D eigenvalue weighted by atomic mass is 9.93. The van der Waals surface area contributed by atoms with Crippen molar-refractivity contribution in [1.29, 1.82) is 0 Å². The highest BCUT2D eigenvalue weighted by molar-refractivity contribution is 5.81. The minimum Gasteiger partial charge on any atom is -0.481 e. The third kappa shape index (κ3) is 7.82. The van der Waals surface area contributed by atoms with Gasteiger partial charge in [0.2, 0.25) is 5.91 Å². The topological polar surface area (TPSA) is 92.4 Å². The number of hydrogen-bond acceptors (Lipinski definition) is 3. The first kappa shape index (κ1) is 17.9. The summed E-state index contributed by atoms with van der Waals surface area (Å²) in [4.78, 5) is 22.6. The van der Waals surface area contributed by atoms with Crippen LogP contribution in [0, 0.1) is 17.8 Å². The molecule has 112 valence electrons. The summed E-state index contributed by atoms with van der Waals surface area (Å²) in [5.41, 5.74) is 5.83. The normalized spacial score (nSPS) is 15.9. The van der Waals surface area contributed by atoms with Crippen LogP contribution in [-0.2, 0) is 9.59 Å². The summed E-state index contributed by atoms with van der Waals surface area (Å²) in [6.07, 6.45) is 1.71. The number of nitrogens with one attached hydrogen (secondary N) is 1. The van der Waals surface area contributed by atoms with Gasteiger partial charge in [-0.3, -0.25) is 9.59 Å². The van der Waals surface area contributed by atoms with Crippen molar-refractivity contribution in [2.75, 3.05) is 6.54 Å². The molecule has 19 heavy (non-hydrogen) atoms. The third-order valence-corrected chi connectivity index (χ3v) is 3.39. The molecule has 3 unspecified atom stereocenters. The summed E-state index contributed by atoms with van der Waals surface area (Å²) < 4.78 is 0. The van der Waals surface area contributed by atoms with Gasteiger partial charge < -0.3 is 16.2 Å². The van der Waals surface area contributed by atoms with Gasteiger partial charge >= 0.3 is 5.97 Å². The molecule has 0 saturated carbocycles. The molecule has 0 aromatic rings. The monoisotopic (exact) mass is 272 g/mol. The van der Waals surface area contributed by atoms with Gasteiger partial charge in [-0.15, -0.1) is 0 Å².